The third-order valence-corrected chi connectivity index (χ3v) is 3.21. The molecule has 0 aliphatic heterocycles. The van der Waals surface area contributed by atoms with Crippen molar-refractivity contribution >= 4 is 24.3 Å². The number of ether oxygens (including phenoxy) is 3. The van der Waals surface area contributed by atoms with Gasteiger partial charge in [0.15, 0.2) is 17.3 Å². The van der Waals surface area contributed by atoms with Crippen molar-refractivity contribution in [3.8, 4) is 17.2 Å². The molecule has 0 heterocycles. The third-order valence-electron chi connectivity index (χ3n) is 3.21. The van der Waals surface area contributed by atoms with Crippen molar-refractivity contribution in [2.45, 2.75) is 0 Å². The van der Waals surface area contributed by atoms with Gasteiger partial charge in [-0.05, 0) is 24.3 Å². The SMILES string of the molecule is COc1ccc(C=CC(=O)c2ccccc2)c(OC)c1OC.Cl. The van der Waals surface area contributed by atoms with E-state index in [4.69, 9.17) is 14.2 Å². The lowest BCUT2D eigenvalue weighted by Crippen LogP contribution is -1.97. The highest BCUT2D eigenvalue weighted by Gasteiger charge is 2.14. The van der Waals surface area contributed by atoms with Crippen LogP contribution in [-0.2, 0) is 0 Å². The van der Waals surface area contributed by atoms with E-state index in [1.807, 2.05) is 24.3 Å². The monoisotopic (exact) mass is 334 g/mol. The van der Waals surface area contributed by atoms with Gasteiger partial charge in [-0.2, -0.15) is 0 Å². The van der Waals surface area contributed by atoms with Gasteiger partial charge in [-0.1, -0.05) is 30.3 Å². The minimum atomic E-state index is -0.0718. The van der Waals surface area contributed by atoms with Crippen LogP contribution < -0.4 is 14.2 Å². The van der Waals surface area contributed by atoms with Gasteiger partial charge in [-0.3, -0.25) is 4.79 Å². The second-order valence-electron chi connectivity index (χ2n) is 4.49. The van der Waals surface area contributed by atoms with E-state index in [-0.39, 0.29) is 18.2 Å². The molecule has 2 aromatic rings. The van der Waals surface area contributed by atoms with E-state index < -0.39 is 0 Å². The van der Waals surface area contributed by atoms with Gasteiger partial charge >= 0.3 is 0 Å². The number of carbonyl (C=O) groups excluding carboxylic acids is 1. The van der Waals surface area contributed by atoms with Crippen LogP contribution in [0, 0.1) is 0 Å². The van der Waals surface area contributed by atoms with Gasteiger partial charge in [0.05, 0.1) is 21.3 Å². The van der Waals surface area contributed by atoms with Gasteiger partial charge in [0.1, 0.15) is 0 Å². The van der Waals surface area contributed by atoms with Gasteiger partial charge in [0.25, 0.3) is 0 Å². The van der Waals surface area contributed by atoms with Crippen LogP contribution in [0.4, 0.5) is 0 Å². The van der Waals surface area contributed by atoms with Crippen molar-refractivity contribution in [1.82, 2.24) is 0 Å². The van der Waals surface area contributed by atoms with Crippen molar-refractivity contribution in [1.29, 1.82) is 0 Å². The average molecular weight is 335 g/mol. The summed E-state index contributed by atoms with van der Waals surface area (Å²) in [5.74, 6) is 1.53. The van der Waals surface area contributed by atoms with Crippen LogP contribution >= 0.6 is 12.4 Å². The van der Waals surface area contributed by atoms with Crippen molar-refractivity contribution in [3.63, 3.8) is 0 Å². The molecule has 0 atom stereocenters. The summed E-state index contributed by atoms with van der Waals surface area (Å²) in [6.07, 6.45) is 3.22. The van der Waals surface area contributed by atoms with E-state index in [2.05, 4.69) is 0 Å². The zero-order valence-electron chi connectivity index (χ0n) is 13.2. The summed E-state index contributed by atoms with van der Waals surface area (Å²) in [6.45, 7) is 0. The molecule has 122 valence electrons. The number of allylic oxidation sites excluding steroid dienone is 1. The maximum atomic E-state index is 12.1. The molecule has 0 fully saturated rings. The van der Waals surface area contributed by atoms with Crippen LogP contribution in [0.3, 0.4) is 0 Å². The lowest BCUT2D eigenvalue weighted by molar-refractivity contribution is 0.104. The van der Waals surface area contributed by atoms with Crippen LogP contribution in [0.2, 0.25) is 0 Å². The molecular weight excluding hydrogens is 316 g/mol. The number of carbonyl (C=O) groups is 1. The summed E-state index contributed by atoms with van der Waals surface area (Å²) in [6, 6.07) is 12.7. The van der Waals surface area contributed by atoms with E-state index in [0.717, 1.165) is 5.56 Å². The van der Waals surface area contributed by atoms with Gasteiger partial charge in [0.2, 0.25) is 5.75 Å². The Hall–Kier alpha value is -2.46. The number of halogens is 1. The molecule has 0 unspecified atom stereocenters. The Balaban J connectivity index is 0.00000264. The maximum absolute atomic E-state index is 12.1. The summed E-state index contributed by atoms with van der Waals surface area (Å²) in [5.41, 5.74) is 1.38. The second-order valence-corrected chi connectivity index (χ2v) is 4.49. The Labute approximate surface area is 142 Å². The van der Waals surface area contributed by atoms with E-state index >= 15 is 0 Å². The van der Waals surface area contributed by atoms with Crippen molar-refractivity contribution < 1.29 is 19.0 Å². The maximum Gasteiger partial charge on any atom is 0.203 e. The van der Waals surface area contributed by atoms with Crippen LogP contribution in [0.1, 0.15) is 15.9 Å². The Morgan fingerprint density at radius 2 is 1.52 bits per heavy atom. The molecule has 0 N–H and O–H groups in total. The zero-order valence-corrected chi connectivity index (χ0v) is 14.1. The van der Waals surface area contributed by atoms with E-state index in [1.54, 1.807) is 45.6 Å². The first-order valence-electron chi connectivity index (χ1n) is 6.77. The first-order valence-corrected chi connectivity index (χ1v) is 6.77. The fourth-order valence-electron chi connectivity index (χ4n) is 2.12. The molecule has 0 bridgehead atoms. The quantitative estimate of drug-likeness (QED) is 0.591. The molecule has 0 amide bonds. The Morgan fingerprint density at radius 3 is 2.09 bits per heavy atom. The lowest BCUT2D eigenvalue weighted by atomic mass is 10.1. The summed E-state index contributed by atoms with van der Waals surface area (Å²) >= 11 is 0. The zero-order chi connectivity index (χ0) is 15.9. The topological polar surface area (TPSA) is 44.8 Å². The highest BCUT2D eigenvalue weighted by atomic mass is 35.5. The number of hydrogen-bond donors (Lipinski definition) is 0. The van der Waals surface area contributed by atoms with E-state index in [1.165, 1.54) is 6.08 Å². The van der Waals surface area contributed by atoms with Crippen molar-refractivity contribution in [2.75, 3.05) is 21.3 Å². The second kappa shape index (κ2) is 8.86. The molecule has 0 aliphatic carbocycles. The van der Waals surface area contributed by atoms with Crippen molar-refractivity contribution in [2.24, 2.45) is 0 Å². The minimum Gasteiger partial charge on any atom is -0.493 e. The molecule has 0 saturated heterocycles. The van der Waals surface area contributed by atoms with Gasteiger partial charge in [-0.25, -0.2) is 0 Å². The molecular formula is C18H19ClO4. The normalized spacial score (nSPS) is 10.0. The molecule has 23 heavy (non-hydrogen) atoms. The molecule has 4 nitrogen and oxygen atoms in total. The summed E-state index contributed by atoms with van der Waals surface area (Å²) < 4.78 is 15.9. The standard InChI is InChI=1S/C18H18O4.ClH/c1-20-16-12-10-14(17(21-2)18(16)22-3)9-11-15(19)13-7-5-4-6-8-13;/h4-12H,1-3H3;1H. The number of benzene rings is 2. The van der Waals surface area contributed by atoms with Gasteiger partial charge in [0, 0.05) is 11.1 Å². The highest BCUT2D eigenvalue weighted by Crippen LogP contribution is 2.40. The Morgan fingerprint density at radius 1 is 0.870 bits per heavy atom. The van der Waals surface area contributed by atoms with Crippen LogP contribution in [0.15, 0.2) is 48.5 Å². The molecule has 2 rings (SSSR count). The lowest BCUT2D eigenvalue weighted by Gasteiger charge is -2.13. The van der Waals surface area contributed by atoms with E-state index in [9.17, 15) is 4.79 Å². The smallest absolute Gasteiger partial charge is 0.203 e. The predicted octanol–water partition coefficient (Wildman–Crippen LogP) is 4.03. The largest absolute Gasteiger partial charge is 0.493 e. The Kier molecular flexibility index (Phi) is 7.16. The average Bonchev–Trinajstić information content (AvgIpc) is 2.59. The summed E-state index contributed by atoms with van der Waals surface area (Å²) in [4.78, 5) is 12.1. The van der Waals surface area contributed by atoms with Crippen LogP contribution in [0.25, 0.3) is 6.08 Å². The first kappa shape index (κ1) is 18.6. The fourth-order valence-corrected chi connectivity index (χ4v) is 2.12. The van der Waals surface area contributed by atoms with Crippen molar-refractivity contribution in [3.05, 3.63) is 59.7 Å². The fraction of sp³-hybridized carbons (Fsp3) is 0.167. The number of rotatable bonds is 6. The molecule has 2 aromatic carbocycles. The molecule has 0 aromatic heterocycles. The predicted molar refractivity (Wildman–Crippen MR) is 93.2 cm³/mol. The first-order chi connectivity index (χ1) is 10.7. The minimum absolute atomic E-state index is 0. The number of hydrogen-bond acceptors (Lipinski definition) is 4. The molecule has 0 aliphatic rings. The molecule has 0 saturated carbocycles. The van der Waals surface area contributed by atoms with Crippen LogP contribution in [0.5, 0.6) is 17.2 Å². The molecule has 5 heteroatoms. The molecule has 0 spiro atoms. The van der Waals surface area contributed by atoms with Gasteiger partial charge < -0.3 is 14.2 Å². The van der Waals surface area contributed by atoms with Crippen LogP contribution in [-0.4, -0.2) is 27.1 Å². The van der Waals surface area contributed by atoms with Gasteiger partial charge in [-0.15, -0.1) is 12.4 Å². The number of ketones is 1. The summed E-state index contributed by atoms with van der Waals surface area (Å²) in [5, 5.41) is 0. The third kappa shape index (κ3) is 4.27. The summed E-state index contributed by atoms with van der Waals surface area (Å²) in [7, 11) is 4.66. The Bertz CT molecular complexity index is 681. The number of methoxy groups -OCH3 is 3. The molecule has 0 radical (unpaired) electrons. The van der Waals surface area contributed by atoms with E-state index in [0.29, 0.717) is 22.8 Å². The highest BCUT2D eigenvalue weighted by molar-refractivity contribution is 6.07.